The molecule has 6 heteroatoms. The summed E-state index contributed by atoms with van der Waals surface area (Å²) in [5, 5.41) is 0. The van der Waals surface area contributed by atoms with E-state index in [0.717, 1.165) is 0 Å². The Hall–Kier alpha value is 3.51. The van der Waals surface area contributed by atoms with Gasteiger partial charge in [-0.05, 0) is 0 Å². The van der Waals surface area contributed by atoms with Crippen molar-refractivity contribution in [3.05, 3.63) is 0 Å². The molecule has 0 amide bonds. The van der Waals surface area contributed by atoms with Crippen molar-refractivity contribution in [1.29, 1.82) is 0 Å². The fraction of sp³-hybridized carbons (Fsp3) is 0. The van der Waals surface area contributed by atoms with Gasteiger partial charge in [0.1, 0.15) is 0 Å². The van der Waals surface area contributed by atoms with Gasteiger partial charge in [0.05, 0.1) is 0 Å². The quantitative estimate of drug-likeness (QED) is 0.514. The van der Waals surface area contributed by atoms with Gasteiger partial charge in [-0.1, -0.05) is 0 Å². The summed E-state index contributed by atoms with van der Waals surface area (Å²) in [6.07, 6.45) is 0. The summed E-state index contributed by atoms with van der Waals surface area (Å²) >= 11 is 0. The van der Waals surface area contributed by atoms with Gasteiger partial charge in [0.2, 0.25) is 0 Å². The van der Waals surface area contributed by atoms with Gasteiger partial charge in [-0.3, -0.25) is 0 Å². The Bertz CT molecular complexity index is 15.5. The maximum Gasteiger partial charge on any atom is 0 e. The van der Waals surface area contributed by atoms with Gasteiger partial charge in [0.25, 0.3) is 0 Å². The zero-order valence-electron chi connectivity index (χ0n) is 3.02. The maximum atomic E-state index is 0. The van der Waals surface area contributed by atoms with Crippen LogP contribution in [0.1, 0.15) is 0 Å². The number of hydrogen-bond donors (Lipinski definition) is 0. The third-order valence-corrected chi connectivity index (χ3v) is 0. The van der Waals surface area contributed by atoms with E-state index in [4.69, 9.17) is 0 Å². The molecule has 0 aromatic carbocycles. The molecule has 6 heavy (non-hydrogen) atoms. The van der Waals surface area contributed by atoms with Crippen LogP contribution in [-0.2, 0) is 70.7 Å². The van der Waals surface area contributed by atoms with Gasteiger partial charge in [-0.15, -0.1) is 0 Å². The van der Waals surface area contributed by atoms with Gasteiger partial charge >= 0.3 is 0 Å². The average molecular weight is 291 g/mol. The molecule has 0 unspecified atom stereocenters. The van der Waals surface area contributed by atoms with E-state index >= 15 is 0 Å². The topological polar surface area (TPSA) is 0 Å². The second-order valence-corrected chi connectivity index (χ2v) is 0. The molecule has 33 valence electrons. The molecule has 0 aliphatic rings. The molecule has 0 saturated heterocycles. The Morgan fingerprint density at radius 1 is 1.00 bits per heavy atom. The van der Waals surface area contributed by atoms with E-state index in [9.17, 15) is 0 Å². The van der Waals surface area contributed by atoms with Crippen molar-refractivity contribution in [1.82, 2.24) is 0 Å². The summed E-state index contributed by atoms with van der Waals surface area (Å²) < 4.78 is 0. The standard InChI is InChI=1S/B.Ca.Cu.Fe.Mn.Zn. The summed E-state index contributed by atoms with van der Waals surface area (Å²) in [4.78, 5) is 0. The zero-order valence-corrected chi connectivity index (χ0v) is 11.4. The first-order chi connectivity index (χ1) is 0. The molecule has 0 aliphatic carbocycles. The van der Waals surface area contributed by atoms with Gasteiger partial charge in [-0.2, -0.15) is 0 Å². The van der Waals surface area contributed by atoms with E-state index in [1.165, 1.54) is 0 Å². The van der Waals surface area contributed by atoms with Crippen molar-refractivity contribution in [2.24, 2.45) is 0 Å². The third-order valence-electron chi connectivity index (χ3n) is 0. The fourth-order valence-corrected chi connectivity index (χ4v) is 0. The molecular formula is BCaCuFeMnZn. The molecule has 0 spiro atoms. The van der Waals surface area contributed by atoms with Gasteiger partial charge in [0.15, 0.2) is 0 Å². The van der Waals surface area contributed by atoms with E-state index in [-0.39, 0.29) is 117 Å². The predicted molar refractivity (Wildman–Crippen MR) is 11.5 cm³/mol. The summed E-state index contributed by atoms with van der Waals surface area (Å²) in [6, 6.07) is 0. The van der Waals surface area contributed by atoms with Gasteiger partial charge in [-0.25, -0.2) is 0 Å². The minimum absolute atomic E-state index is 0. The van der Waals surface area contributed by atoms with Crippen LogP contribution in [0.4, 0.5) is 0 Å². The Kier molecular flexibility index (Phi) is 363. The van der Waals surface area contributed by atoms with Crippen LogP contribution < -0.4 is 0 Å². The van der Waals surface area contributed by atoms with Crippen LogP contribution in [0.3, 0.4) is 0 Å². The van der Waals surface area contributed by atoms with Crippen LogP contribution in [0.25, 0.3) is 0 Å². The number of hydrogen-bond acceptors (Lipinski definition) is 0. The molecule has 0 saturated carbocycles. The third kappa shape index (κ3) is 25.8. The first-order valence-corrected chi connectivity index (χ1v) is 0. The first kappa shape index (κ1) is 55.9. The van der Waals surface area contributed by atoms with Crippen LogP contribution in [0.5, 0.6) is 0 Å². The van der Waals surface area contributed by atoms with Crippen molar-refractivity contribution < 1.29 is 70.7 Å². The molecule has 0 fully saturated rings. The molecule has 0 aromatic heterocycles. The molecular weight excluding hydrogens is 291 g/mol. The molecule has 0 nitrogen and oxygen atoms in total. The van der Waals surface area contributed by atoms with Crippen LogP contribution in [0.2, 0.25) is 0 Å². The van der Waals surface area contributed by atoms with E-state index in [1.807, 2.05) is 0 Å². The van der Waals surface area contributed by atoms with E-state index in [2.05, 4.69) is 0 Å². The summed E-state index contributed by atoms with van der Waals surface area (Å²) in [6.45, 7) is 0. The molecule has 0 N–H and O–H groups in total. The summed E-state index contributed by atoms with van der Waals surface area (Å²) in [7, 11) is 0. The van der Waals surface area contributed by atoms with E-state index in [0.29, 0.717) is 0 Å². The second-order valence-electron chi connectivity index (χ2n) is 0. The molecule has 0 bridgehead atoms. The van der Waals surface area contributed by atoms with E-state index < -0.39 is 0 Å². The minimum Gasteiger partial charge on any atom is 0 e. The fourth-order valence-electron chi connectivity index (χ4n) is 0. The van der Waals surface area contributed by atoms with Crippen molar-refractivity contribution in [2.45, 2.75) is 0 Å². The SMILES string of the molecule is [B].[Ca].[Cu].[Fe].[Mn].[Zn]. The largest absolute Gasteiger partial charge is 0 e. The van der Waals surface area contributed by atoms with Crippen molar-refractivity contribution in [3.63, 3.8) is 0 Å². The molecule has 0 aromatic rings. The Balaban J connectivity index is 0. The smallest absolute Gasteiger partial charge is 0 e. The zero-order chi connectivity index (χ0) is 0. The normalized spacial score (nSPS) is 0. The molecule has 7 radical (unpaired) electrons. The Morgan fingerprint density at radius 2 is 1.00 bits per heavy atom. The summed E-state index contributed by atoms with van der Waals surface area (Å²) in [5.41, 5.74) is 0. The monoisotopic (exact) mass is 289 g/mol. The predicted octanol–water partition coefficient (Wildman–Crippen LogP) is -0.772. The van der Waals surface area contributed by atoms with Crippen molar-refractivity contribution in [2.75, 3.05) is 0 Å². The Morgan fingerprint density at radius 3 is 1.00 bits per heavy atom. The van der Waals surface area contributed by atoms with Crippen molar-refractivity contribution >= 4 is 46.2 Å². The van der Waals surface area contributed by atoms with Crippen LogP contribution in [0.15, 0.2) is 0 Å². The molecule has 0 heterocycles. The molecule has 0 aliphatic heterocycles. The summed E-state index contributed by atoms with van der Waals surface area (Å²) in [5.74, 6) is 0. The number of rotatable bonds is 0. The van der Waals surface area contributed by atoms with Gasteiger partial charge < -0.3 is 0 Å². The first-order valence-electron chi connectivity index (χ1n) is 0. The van der Waals surface area contributed by atoms with Gasteiger partial charge in [0, 0.05) is 117 Å². The Labute approximate surface area is 114 Å². The van der Waals surface area contributed by atoms with E-state index in [1.54, 1.807) is 0 Å². The molecule has 0 atom stereocenters. The minimum atomic E-state index is 0. The van der Waals surface area contributed by atoms with Crippen LogP contribution in [-0.4, -0.2) is 46.2 Å². The van der Waals surface area contributed by atoms with Crippen molar-refractivity contribution in [3.8, 4) is 0 Å². The maximum absolute atomic E-state index is 0. The van der Waals surface area contributed by atoms with Crippen LogP contribution in [0, 0.1) is 0 Å². The average Bonchev–Trinajstić information content (AvgIpc) is 0. The van der Waals surface area contributed by atoms with Crippen LogP contribution >= 0.6 is 0 Å². The molecule has 0 rings (SSSR count). The second kappa shape index (κ2) is 39.0.